The second-order valence-electron chi connectivity index (χ2n) is 8.23. The predicted molar refractivity (Wildman–Crippen MR) is 97.4 cm³/mol. The normalized spacial score (nSPS) is 39.1. The molecule has 1 N–H and O–H groups in total. The fourth-order valence-corrected chi connectivity index (χ4v) is 5.49. The van der Waals surface area contributed by atoms with Gasteiger partial charge in [0.2, 0.25) is 5.91 Å². The number of fused-ring (bicyclic) bond motifs is 1. The van der Waals surface area contributed by atoms with Crippen molar-refractivity contribution in [3.63, 3.8) is 0 Å². The van der Waals surface area contributed by atoms with E-state index >= 15 is 0 Å². The van der Waals surface area contributed by atoms with Crippen LogP contribution in [0.5, 0.6) is 0 Å². The molecule has 24 heavy (non-hydrogen) atoms. The molecule has 2 atom stereocenters. The van der Waals surface area contributed by atoms with Crippen LogP contribution < -0.4 is 5.32 Å². The van der Waals surface area contributed by atoms with Gasteiger partial charge in [0, 0.05) is 17.7 Å². The Morgan fingerprint density at radius 2 is 1.62 bits per heavy atom. The van der Waals surface area contributed by atoms with Gasteiger partial charge in [0.25, 0.3) is 0 Å². The topological polar surface area (TPSA) is 53.8 Å². The van der Waals surface area contributed by atoms with Crippen LogP contribution in [0.1, 0.15) is 70.6 Å². The number of hydrogen-bond donors (Lipinski definition) is 1. The second kappa shape index (κ2) is 7.15. The van der Waals surface area contributed by atoms with Crippen LogP contribution >= 0.6 is 11.6 Å². The van der Waals surface area contributed by atoms with E-state index in [9.17, 15) is 4.79 Å². The SMILES string of the molecule is O=C(NC1=NN=C(C2CCC(Cl)CC2)C1)C1CC2CCCCC2C1. The minimum atomic E-state index is 0.184. The summed E-state index contributed by atoms with van der Waals surface area (Å²) in [5, 5.41) is 12.0. The van der Waals surface area contributed by atoms with E-state index in [2.05, 4.69) is 15.5 Å². The Kier molecular flexibility index (Phi) is 4.93. The molecule has 4 nitrogen and oxygen atoms in total. The van der Waals surface area contributed by atoms with Crippen LogP contribution in [0.2, 0.25) is 0 Å². The summed E-state index contributed by atoms with van der Waals surface area (Å²) in [4.78, 5) is 12.6. The van der Waals surface area contributed by atoms with E-state index in [1.54, 1.807) is 0 Å². The van der Waals surface area contributed by atoms with E-state index in [4.69, 9.17) is 11.6 Å². The Hall–Kier alpha value is -0.900. The number of amidine groups is 1. The smallest absolute Gasteiger partial charge is 0.228 e. The second-order valence-corrected chi connectivity index (χ2v) is 8.84. The van der Waals surface area contributed by atoms with Gasteiger partial charge in [-0.1, -0.05) is 25.7 Å². The summed E-state index contributed by atoms with van der Waals surface area (Å²) >= 11 is 6.19. The van der Waals surface area contributed by atoms with Crippen molar-refractivity contribution in [3.8, 4) is 0 Å². The van der Waals surface area contributed by atoms with Crippen molar-refractivity contribution in [1.29, 1.82) is 0 Å². The van der Waals surface area contributed by atoms with Gasteiger partial charge >= 0.3 is 0 Å². The van der Waals surface area contributed by atoms with Crippen LogP contribution in [0.15, 0.2) is 10.2 Å². The molecule has 2 unspecified atom stereocenters. The number of hydrogen-bond acceptors (Lipinski definition) is 3. The quantitative estimate of drug-likeness (QED) is 0.743. The zero-order valence-electron chi connectivity index (χ0n) is 14.3. The van der Waals surface area contributed by atoms with E-state index in [-0.39, 0.29) is 11.8 Å². The molecule has 4 aliphatic rings. The first kappa shape index (κ1) is 16.6. The van der Waals surface area contributed by atoms with Crippen molar-refractivity contribution < 1.29 is 4.79 Å². The maximum absolute atomic E-state index is 12.6. The third-order valence-electron chi connectivity index (χ3n) is 6.66. The van der Waals surface area contributed by atoms with Gasteiger partial charge in [0.15, 0.2) is 0 Å². The van der Waals surface area contributed by atoms with Gasteiger partial charge in [0.05, 0.1) is 5.71 Å². The third-order valence-corrected chi connectivity index (χ3v) is 7.09. The molecular formula is C19H28ClN3O. The highest BCUT2D eigenvalue weighted by Gasteiger charge is 2.39. The fraction of sp³-hybridized carbons (Fsp3) is 0.842. The summed E-state index contributed by atoms with van der Waals surface area (Å²) < 4.78 is 0. The molecule has 0 saturated heterocycles. The largest absolute Gasteiger partial charge is 0.312 e. The molecule has 0 aromatic heterocycles. The summed E-state index contributed by atoms with van der Waals surface area (Å²) in [6, 6.07) is 0. The third kappa shape index (κ3) is 3.54. The van der Waals surface area contributed by atoms with Crippen LogP contribution in [0.25, 0.3) is 0 Å². The lowest BCUT2D eigenvalue weighted by atomic mass is 9.82. The zero-order valence-corrected chi connectivity index (χ0v) is 15.1. The monoisotopic (exact) mass is 349 g/mol. The number of carbonyl (C=O) groups excluding carboxylic acids is 1. The van der Waals surface area contributed by atoms with Crippen LogP contribution in [-0.4, -0.2) is 22.8 Å². The summed E-state index contributed by atoms with van der Waals surface area (Å²) in [5.41, 5.74) is 1.15. The number of alkyl halides is 1. The number of nitrogens with zero attached hydrogens (tertiary/aromatic N) is 2. The Morgan fingerprint density at radius 1 is 0.958 bits per heavy atom. The Morgan fingerprint density at radius 3 is 2.29 bits per heavy atom. The zero-order chi connectivity index (χ0) is 16.5. The number of carbonyl (C=O) groups is 1. The maximum atomic E-state index is 12.6. The van der Waals surface area contributed by atoms with Crippen LogP contribution in [0, 0.1) is 23.7 Å². The molecule has 1 amide bonds. The Balaban J connectivity index is 1.26. The van der Waals surface area contributed by atoms with Gasteiger partial charge in [-0.15, -0.1) is 16.7 Å². The molecule has 3 fully saturated rings. The molecule has 1 heterocycles. The van der Waals surface area contributed by atoms with E-state index in [1.165, 1.54) is 25.7 Å². The first-order valence-corrected chi connectivity index (χ1v) is 10.2. The Labute approximate surface area is 149 Å². The van der Waals surface area contributed by atoms with E-state index < -0.39 is 0 Å². The van der Waals surface area contributed by atoms with E-state index in [1.807, 2.05) is 0 Å². The van der Waals surface area contributed by atoms with Crippen LogP contribution in [-0.2, 0) is 4.79 Å². The average molecular weight is 350 g/mol. The van der Waals surface area contributed by atoms with E-state index in [0.29, 0.717) is 11.3 Å². The molecule has 0 bridgehead atoms. The first-order chi connectivity index (χ1) is 11.7. The number of halogens is 1. The molecule has 5 heteroatoms. The maximum Gasteiger partial charge on any atom is 0.228 e. The van der Waals surface area contributed by atoms with Gasteiger partial charge in [-0.3, -0.25) is 4.79 Å². The van der Waals surface area contributed by atoms with E-state index in [0.717, 1.165) is 68.3 Å². The Bertz CT molecular complexity index is 537. The van der Waals surface area contributed by atoms with Gasteiger partial charge in [0.1, 0.15) is 5.84 Å². The van der Waals surface area contributed by atoms with Crippen LogP contribution in [0.4, 0.5) is 0 Å². The molecule has 0 spiro atoms. The van der Waals surface area contributed by atoms with Gasteiger partial charge in [-0.2, -0.15) is 5.10 Å². The first-order valence-electron chi connectivity index (χ1n) is 9.77. The average Bonchev–Trinajstić information content (AvgIpc) is 3.22. The molecule has 0 aromatic rings. The highest BCUT2D eigenvalue weighted by Crippen LogP contribution is 2.45. The van der Waals surface area contributed by atoms with Crippen LogP contribution in [0.3, 0.4) is 0 Å². The molecule has 0 aromatic carbocycles. The molecule has 4 rings (SSSR count). The lowest BCUT2D eigenvalue weighted by molar-refractivity contribution is -0.123. The fourth-order valence-electron chi connectivity index (χ4n) is 5.24. The lowest BCUT2D eigenvalue weighted by Crippen LogP contribution is -2.35. The van der Waals surface area contributed by atoms with Crippen molar-refractivity contribution in [2.45, 2.75) is 76.0 Å². The molecule has 1 aliphatic heterocycles. The summed E-state index contributed by atoms with van der Waals surface area (Å²) in [5.74, 6) is 3.22. The molecule has 132 valence electrons. The lowest BCUT2D eigenvalue weighted by Gasteiger charge is -2.24. The summed E-state index contributed by atoms with van der Waals surface area (Å²) in [6.07, 6.45) is 12.6. The number of rotatable bonds is 2. The van der Waals surface area contributed by atoms with Crippen molar-refractivity contribution in [2.75, 3.05) is 0 Å². The molecular weight excluding hydrogens is 322 g/mol. The molecule has 3 aliphatic carbocycles. The molecule has 0 radical (unpaired) electrons. The predicted octanol–water partition coefficient (Wildman–Crippen LogP) is 4.27. The van der Waals surface area contributed by atoms with Gasteiger partial charge < -0.3 is 5.32 Å². The number of amides is 1. The van der Waals surface area contributed by atoms with Gasteiger partial charge in [-0.25, -0.2) is 0 Å². The summed E-state index contributed by atoms with van der Waals surface area (Å²) in [7, 11) is 0. The van der Waals surface area contributed by atoms with Crippen molar-refractivity contribution in [1.82, 2.24) is 5.32 Å². The number of nitrogens with one attached hydrogen (secondary N) is 1. The summed E-state index contributed by atoms with van der Waals surface area (Å²) in [6.45, 7) is 0. The minimum Gasteiger partial charge on any atom is -0.312 e. The van der Waals surface area contributed by atoms with Crippen molar-refractivity contribution in [2.24, 2.45) is 33.9 Å². The van der Waals surface area contributed by atoms with Gasteiger partial charge in [-0.05, 0) is 56.3 Å². The molecule has 3 saturated carbocycles. The highest BCUT2D eigenvalue weighted by molar-refractivity contribution is 6.20. The highest BCUT2D eigenvalue weighted by atomic mass is 35.5. The van der Waals surface area contributed by atoms with Crippen molar-refractivity contribution in [3.05, 3.63) is 0 Å². The standard InChI is InChI=1S/C19H28ClN3O/c20-16-7-5-12(6-8-16)17-11-18(23-22-17)21-19(24)15-9-13-3-1-2-4-14(13)10-15/h12-16H,1-11H2,(H,21,23,24). The van der Waals surface area contributed by atoms with Crippen molar-refractivity contribution >= 4 is 29.1 Å². The minimum absolute atomic E-state index is 0.184.